The summed E-state index contributed by atoms with van der Waals surface area (Å²) < 4.78 is 43.7. The number of nitrogens with zero attached hydrogens (tertiary/aromatic N) is 2. The maximum absolute atomic E-state index is 14.0. The Morgan fingerprint density at radius 3 is 2.70 bits per heavy atom. The summed E-state index contributed by atoms with van der Waals surface area (Å²) in [7, 11) is -4.28. The van der Waals surface area contributed by atoms with Gasteiger partial charge in [0.05, 0.1) is 11.8 Å². The Morgan fingerprint density at radius 2 is 2.15 bits per heavy atom. The molecule has 0 saturated heterocycles. The van der Waals surface area contributed by atoms with Crippen molar-refractivity contribution in [3.8, 4) is 0 Å². The van der Waals surface area contributed by atoms with Crippen LogP contribution in [-0.4, -0.2) is 29.1 Å². The van der Waals surface area contributed by atoms with Crippen molar-refractivity contribution in [2.75, 3.05) is 4.72 Å². The molecule has 7 nitrogen and oxygen atoms in total. The first-order chi connectivity index (χ1) is 9.31. The molecule has 1 aromatic heterocycles. The molecule has 0 aliphatic rings. The van der Waals surface area contributed by atoms with Gasteiger partial charge in [-0.05, 0) is 12.1 Å². The van der Waals surface area contributed by atoms with Crippen LogP contribution in [0.1, 0.15) is 10.4 Å². The van der Waals surface area contributed by atoms with E-state index in [1.807, 2.05) is 0 Å². The minimum Gasteiger partial charge on any atom is -0.478 e. The molecule has 1 heterocycles. The normalized spacial score (nSPS) is 11.3. The molecule has 106 valence electrons. The largest absolute Gasteiger partial charge is 0.478 e. The van der Waals surface area contributed by atoms with Gasteiger partial charge in [-0.3, -0.25) is 4.72 Å². The number of aromatic nitrogens is 2. The summed E-state index contributed by atoms with van der Waals surface area (Å²) in [5.74, 6) is -2.91. The highest BCUT2D eigenvalue weighted by atomic mass is 79.9. The molecule has 0 aliphatic heterocycles. The van der Waals surface area contributed by atoms with Gasteiger partial charge in [0.15, 0.2) is 5.82 Å². The number of sulfonamides is 1. The van der Waals surface area contributed by atoms with Crippen molar-refractivity contribution in [2.24, 2.45) is 0 Å². The van der Waals surface area contributed by atoms with Crippen molar-refractivity contribution < 1.29 is 22.7 Å². The summed E-state index contributed by atoms with van der Waals surface area (Å²) in [5, 5.41) is 12.4. The van der Waals surface area contributed by atoms with E-state index in [9.17, 15) is 17.6 Å². The first-order valence-corrected chi connectivity index (χ1v) is 7.89. The number of aromatic carboxylic acids is 1. The lowest BCUT2D eigenvalue weighted by Gasteiger charge is -2.08. The highest BCUT2D eigenvalue weighted by Crippen LogP contribution is 2.26. The van der Waals surface area contributed by atoms with E-state index in [0.29, 0.717) is 0 Å². The van der Waals surface area contributed by atoms with Crippen molar-refractivity contribution in [2.45, 2.75) is 4.90 Å². The SMILES string of the molecule is O=C(O)c1cc(Br)cc(S(=O)(=O)Nc2cnns2)c1F. The van der Waals surface area contributed by atoms with E-state index >= 15 is 0 Å². The number of carboxylic acid groups (broad SMARTS) is 1. The molecule has 20 heavy (non-hydrogen) atoms. The van der Waals surface area contributed by atoms with Crippen molar-refractivity contribution in [1.82, 2.24) is 9.59 Å². The number of carboxylic acids is 1. The summed E-state index contributed by atoms with van der Waals surface area (Å²) >= 11 is 3.70. The smallest absolute Gasteiger partial charge is 0.338 e. The van der Waals surface area contributed by atoms with E-state index < -0.39 is 32.3 Å². The first kappa shape index (κ1) is 14.8. The van der Waals surface area contributed by atoms with Gasteiger partial charge in [-0.1, -0.05) is 20.4 Å². The predicted molar refractivity (Wildman–Crippen MR) is 71.8 cm³/mol. The molecule has 0 bridgehead atoms. The number of hydrogen-bond donors (Lipinski definition) is 2. The van der Waals surface area contributed by atoms with E-state index in [2.05, 4.69) is 30.2 Å². The van der Waals surface area contributed by atoms with Gasteiger partial charge < -0.3 is 5.11 Å². The van der Waals surface area contributed by atoms with Crippen LogP contribution in [0, 0.1) is 5.82 Å². The van der Waals surface area contributed by atoms with Gasteiger partial charge in [0.25, 0.3) is 10.0 Å². The lowest BCUT2D eigenvalue weighted by Crippen LogP contribution is -2.16. The molecule has 2 aromatic rings. The molecule has 0 saturated carbocycles. The van der Waals surface area contributed by atoms with Crippen LogP contribution in [0.2, 0.25) is 0 Å². The van der Waals surface area contributed by atoms with E-state index in [0.717, 1.165) is 29.9 Å². The fourth-order valence-electron chi connectivity index (χ4n) is 1.31. The molecular weight excluding hydrogens is 377 g/mol. The predicted octanol–water partition coefficient (Wildman–Crippen LogP) is 1.94. The number of nitrogens with one attached hydrogen (secondary N) is 1. The van der Waals surface area contributed by atoms with Crippen molar-refractivity contribution in [3.63, 3.8) is 0 Å². The second-order valence-corrected chi connectivity index (χ2v) is 6.81. The highest BCUT2D eigenvalue weighted by Gasteiger charge is 2.25. The molecule has 0 atom stereocenters. The fraction of sp³-hybridized carbons (Fsp3) is 0. The average Bonchev–Trinajstić information content (AvgIpc) is 2.83. The number of rotatable bonds is 4. The molecule has 0 radical (unpaired) electrons. The Labute approximate surface area is 124 Å². The molecule has 0 aliphatic carbocycles. The molecule has 0 unspecified atom stereocenters. The van der Waals surface area contributed by atoms with Gasteiger partial charge in [0.2, 0.25) is 0 Å². The first-order valence-electron chi connectivity index (χ1n) is 4.84. The van der Waals surface area contributed by atoms with E-state index in [1.54, 1.807) is 0 Å². The van der Waals surface area contributed by atoms with E-state index in [4.69, 9.17) is 5.11 Å². The number of anilines is 1. The molecule has 0 amide bonds. The molecule has 2 N–H and O–H groups in total. The van der Waals surface area contributed by atoms with Gasteiger partial charge in [-0.25, -0.2) is 17.6 Å². The average molecular weight is 382 g/mol. The van der Waals surface area contributed by atoms with Crippen LogP contribution in [0.25, 0.3) is 0 Å². The maximum Gasteiger partial charge on any atom is 0.338 e. The summed E-state index contributed by atoms with van der Waals surface area (Å²) in [4.78, 5) is 10.1. The van der Waals surface area contributed by atoms with Gasteiger partial charge in [-0.2, -0.15) is 0 Å². The topological polar surface area (TPSA) is 109 Å². The van der Waals surface area contributed by atoms with Crippen molar-refractivity contribution >= 4 is 48.5 Å². The Bertz CT molecular complexity index is 764. The molecule has 0 fully saturated rings. The van der Waals surface area contributed by atoms with Crippen LogP contribution in [0.4, 0.5) is 9.39 Å². The summed E-state index contributed by atoms with van der Waals surface area (Å²) in [6, 6.07) is 1.95. The van der Waals surface area contributed by atoms with Crippen LogP contribution in [0.3, 0.4) is 0 Å². The van der Waals surface area contributed by atoms with Gasteiger partial charge >= 0.3 is 5.97 Å². The zero-order chi connectivity index (χ0) is 14.9. The number of carbonyl (C=O) groups is 1. The quantitative estimate of drug-likeness (QED) is 0.837. The monoisotopic (exact) mass is 381 g/mol. The molecule has 1 aromatic carbocycles. The zero-order valence-corrected chi connectivity index (χ0v) is 12.6. The van der Waals surface area contributed by atoms with Crippen LogP contribution < -0.4 is 4.72 Å². The third kappa shape index (κ3) is 2.94. The third-order valence-electron chi connectivity index (χ3n) is 2.12. The van der Waals surface area contributed by atoms with E-state index in [1.165, 1.54) is 0 Å². The molecule has 0 spiro atoms. The molecule has 11 heteroatoms. The second kappa shape index (κ2) is 5.42. The summed E-state index contributed by atoms with van der Waals surface area (Å²) in [5.41, 5.74) is -0.748. The number of hydrogen-bond acceptors (Lipinski definition) is 6. The lowest BCUT2D eigenvalue weighted by atomic mass is 10.2. The lowest BCUT2D eigenvalue weighted by molar-refractivity contribution is 0.0691. The molecule has 2 rings (SSSR count). The Hall–Kier alpha value is -1.59. The minimum absolute atomic E-state index is 0.0845. The Balaban J connectivity index is 2.54. The van der Waals surface area contributed by atoms with Crippen molar-refractivity contribution in [1.29, 1.82) is 0 Å². The number of benzene rings is 1. The molecular formula is C9H5BrFN3O4S2. The zero-order valence-electron chi connectivity index (χ0n) is 9.37. The maximum atomic E-state index is 14.0. The summed E-state index contributed by atoms with van der Waals surface area (Å²) in [6.45, 7) is 0. The third-order valence-corrected chi connectivity index (χ3v) is 4.65. The Morgan fingerprint density at radius 1 is 1.45 bits per heavy atom. The summed E-state index contributed by atoms with van der Waals surface area (Å²) in [6.07, 6.45) is 1.15. The highest BCUT2D eigenvalue weighted by molar-refractivity contribution is 9.10. The van der Waals surface area contributed by atoms with Gasteiger partial charge in [0.1, 0.15) is 9.90 Å². The Kier molecular flexibility index (Phi) is 4.01. The standard InChI is InChI=1S/C9H5BrFN3O4S2/c10-4-1-5(9(15)16)8(11)6(2-4)20(17,18)13-7-3-12-14-19-7/h1-3,13H,(H,15,16). The fourth-order valence-corrected chi connectivity index (χ4v) is 3.73. The van der Waals surface area contributed by atoms with Crippen LogP contribution in [-0.2, 0) is 10.0 Å². The number of halogens is 2. The second-order valence-electron chi connectivity index (χ2n) is 3.46. The minimum atomic E-state index is -4.28. The van der Waals surface area contributed by atoms with Crippen LogP contribution in [0.5, 0.6) is 0 Å². The van der Waals surface area contributed by atoms with Crippen LogP contribution in [0.15, 0.2) is 27.7 Å². The van der Waals surface area contributed by atoms with Gasteiger partial charge in [0, 0.05) is 16.0 Å². The van der Waals surface area contributed by atoms with E-state index in [-0.39, 0.29) is 9.47 Å². The van der Waals surface area contributed by atoms with Crippen molar-refractivity contribution in [3.05, 3.63) is 34.2 Å². The van der Waals surface area contributed by atoms with Gasteiger partial charge in [-0.15, -0.1) is 5.10 Å². The van der Waals surface area contributed by atoms with Crippen LogP contribution >= 0.6 is 27.5 Å².